The quantitative estimate of drug-likeness (QED) is 0.343. The number of hydrogen-bond acceptors (Lipinski definition) is 4. The number of guanidine groups is 1. The Morgan fingerprint density at radius 3 is 2.44 bits per heavy atom. The van der Waals surface area contributed by atoms with Gasteiger partial charge in [0.1, 0.15) is 5.76 Å². The molecule has 0 amide bonds. The van der Waals surface area contributed by atoms with E-state index in [0.29, 0.717) is 19.0 Å². The number of aromatic nitrogens is 1. The molecular formula is C15H27F3IN5O. The zero-order chi connectivity index (χ0) is 18.2. The Morgan fingerprint density at radius 1 is 1.24 bits per heavy atom. The van der Waals surface area contributed by atoms with Crippen molar-refractivity contribution in [3.63, 3.8) is 0 Å². The van der Waals surface area contributed by atoms with Gasteiger partial charge in [-0.2, -0.15) is 13.2 Å². The van der Waals surface area contributed by atoms with Crippen molar-refractivity contribution in [1.29, 1.82) is 0 Å². The number of alkyl halides is 3. The van der Waals surface area contributed by atoms with E-state index in [2.05, 4.69) is 20.8 Å². The molecule has 0 saturated carbocycles. The number of halogens is 4. The van der Waals surface area contributed by atoms with Crippen LogP contribution in [0.3, 0.4) is 0 Å². The van der Waals surface area contributed by atoms with Crippen molar-refractivity contribution in [3.8, 4) is 0 Å². The summed E-state index contributed by atoms with van der Waals surface area (Å²) in [7, 11) is 3.05. The first-order valence-corrected chi connectivity index (χ1v) is 7.96. The number of likely N-dealkylation sites (N-methyl/N-ethyl adjacent to an activating group) is 1. The zero-order valence-electron chi connectivity index (χ0n) is 15.0. The molecule has 0 radical (unpaired) electrons. The topological polar surface area (TPSA) is 65.7 Å². The second-order valence-corrected chi connectivity index (χ2v) is 5.44. The van der Waals surface area contributed by atoms with Gasteiger partial charge in [0.15, 0.2) is 5.96 Å². The molecule has 1 heterocycles. The average Bonchev–Trinajstić information content (AvgIpc) is 2.90. The predicted octanol–water partition coefficient (Wildman–Crippen LogP) is 2.58. The van der Waals surface area contributed by atoms with Crippen LogP contribution in [0.25, 0.3) is 0 Å². The molecule has 0 atom stereocenters. The molecule has 0 aliphatic rings. The molecule has 0 spiro atoms. The van der Waals surface area contributed by atoms with Gasteiger partial charge in [-0.15, -0.1) is 24.0 Å². The van der Waals surface area contributed by atoms with Gasteiger partial charge in [-0.1, -0.05) is 19.0 Å². The van der Waals surface area contributed by atoms with Crippen LogP contribution in [0.5, 0.6) is 0 Å². The van der Waals surface area contributed by atoms with Gasteiger partial charge in [0.05, 0.1) is 12.2 Å². The number of aliphatic imine (C=N–C) groups is 1. The molecular weight excluding hydrogens is 450 g/mol. The van der Waals surface area contributed by atoms with E-state index in [1.807, 2.05) is 13.8 Å². The second kappa shape index (κ2) is 11.6. The Morgan fingerprint density at radius 2 is 1.92 bits per heavy atom. The molecule has 10 heteroatoms. The summed E-state index contributed by atoms with van der Waals surface area (Å²) in [5.74, 6) is 1.36. The lowest BCUT2D eigenvalue weighted by Crippen LogP contribution is -2.42. The minimum atomic E-state index is -4.18. The predicted molar refractivity (Wildman–Crippen MR) is 102 cm³/mol. The van der Waals surface area contributed by atoms with E-state index < -0.39 is 12.7 Å². The van der Waals surface area contributed by atoms with Gasteiger partial charge in [0.2, 0.25) is 0 Å². The third-order valence-electron chi connectivity index (χ3n) is 3.50. The summed E-state index contributed by atoms with van der Waals surface area (Å²) in [6, 6.07) is 0. The molecule has 0 aliphatic heterocycles. The summed E-state index contributed by atoms with van der Waals surface area (Å²) in [5.41, 5.74) is 1.91. The van der Waals surface area contributed by atoms with Crippen LogP contribution in [-0.2, 0) is 19.4 Å². The molecule has 0 bridgehead atoms. The molecule has 0 unspecified atom stereocenters. The number of rotatable bonds is 8. The average molecular weight is 477 g/mol. The summed E-state index contributed by atoms with van der Waals surface area (Å²) in [5, 5.41) is 10.2. The fourth-order valence-electron chi connectivity index (χ4n) is 2.28. The Balaban J connectivity index is 0.00000576. The normalized spacial score (nSPS) is 12.2. The van der Waals surface area contributed by atoms with Crippen LogP contribution in [0.2, 0.25) is 0 Å². The smallest absolute Gasteiger partial charge is 0.361 e. The minimum absolute atomic E-state index is 0. The van der Waals surface area contributed by atoms with Gasteiger partial charge in [-0.3, -0.25) is 9.89 Å². The molecule has 6 nitrogen and oxygen atoms in total. The molecule has 1 aromatic rings. The van der Waals surface area contributed by atoms with Crippen LogP contribution in [0.1, 0.15) is 30.9 Å². The number of nitrogens with zero attached hydrogens (tertiary/aromatic N) is 3. The van der Waals surface area contributed by atoms with Crippen molar-refractivity contribution in [3.05, 3.63) is 17.0 Å². The fourth-order valence-corrected chi connectivity index (χ4v) is 2.28. The molecule has 146 valence electrons. The van der Waals surface area contributed by atoms with E-state index in [1.54, 1.807) is 7.05 Å². The Labute approximate surface area is 163 Å². The first-order valence-electron chi connectivity index (χ1n) is 7.96. The molecule has 0 aromatic carbocycles. The standard InChI is InChI=1S/C15H26F3N5O.HI/c1-5-12-11(13(6-2)24-22-12)9-21-14(19-3)20-7-8-23(4)10-15(16,17)18;/h5-10H2,1-4H3,(H2,19,20,21);1H. The van der Waals surface area contributed by atoms with Crippen LogP contribution >= 0.6 is 24.0 Å². The van der Waals surface area contributed by atoms with E-state index in [0.717, 1.165) is 29.9 Å². The monoisotopic (exact) mass is 477 g/mol. The molecule has 25 heavy (non-hydrogen) atoms. The van der Waals surface area contributed by atoms with E-state index in [-0.39, 0.29) is 30.5 Å². The molecule has 1 rings (SSSR count). The maximum Gasteiger partial charge on any atom is 0.401 e. The molecule has 0 fully saturated rings. The van der Waals surface area contributed by atoms with Crippen LogP contribution in [0, 0.1) is 0 Å². The van der Waals surface area contributed by atoms with Crippen LogP contribution in [0.15, 0.2) is 9.52 Å². The number of nitrogens with one attached hydrogen (secondary N) is 2. The van der Waals surface area contributed by atoms with Crippen LogP contribution in [-0.4, -0.2) is 55.9 Å². The summed E-state index contributed by atoms with van der Waals surface area (Å²) in [6.45, 7) is 4.19. The van der Waals surface area contributed by atoms with Gasteiger partial charge < -0.3 is 15.2 Å². The summed E-state index contributed by atoms with van der Waals surface area (Å²) in [6.07, 6.45) is -2.66. The summed E-state index contributed by atoms with van der Waals surface area (Å²) in [4.78, 5) is 5.29. The van der Waals surface area contributed by atoms with Crippen molar-refractivity contribution < 1.29 is 17.7 Å². The number of hydrogen-bond donors (Lipinski definition) is 2. The first-order chi connectivity index (χ1) is 11.3. The van der Waals surface area contributed by atoms with Crippen molar-refractivity contribution in [2.24, 2.45) is 4.99 Å². The second-order valence-electron chi connectivity index (χ2n) is 5.44. The van der Waals surface area contributed by atoms with Crippen molar-refractivity contribution in [2.75, 3.05) is 33.7 Å². The van der Waals surface area contributed by atoms with Gasteiger partial charge in [0.25, 0.3) is 0 Å². The van der Waals surface area contributed by atoms with E-state index >= 15 is 0 Å². The Kier molecular flexibility index (Phi) is 11.1. The third kappa shape index (κ3) is 8.75. The first kappa shape index (κ1) is 24.0. The van der Waals surface area contributed by atoms with Gasteiger partial charge in [-0.05, 0) is 13.5 Å². The molecule has 0 aliphatic carbocycles. The third-order valence-corrected chi connectivity index (χ3v) is 3.50. The van der Waals surface area contributed by atoms with Gasteiger partial charge in [0, 0.05) is 38.7 Å². The van der Waals surface area contributed by atoms with Gasteiger partial charge in [-0.25, -0.2) is 0 Å². The van der Waals surface area contributed by atoms with Gasteiger partial charge >= 0.3 is 6.18 Å². The molecule has 1 aromatic heterocycles. The summed E-state index contributed by atoms with van der Waals surface area (Å²) >= 11 is 0. The highest BCUT2D eigenvalue weighted by Gasteiger charge is 2.28. The SMILES string of the molecule is CCc1noc(CC)c1CNC(=NC)NCCN(C)CC(F)(F)F.I. The number of aryl methyl sites for hydroxylation is 2. The van der Waals surface area contributed by atoms with E-state index in [4.69, 9.17) is 4.52 Å². The Bertz CT molecular complexity index is 512. The van der Waals surface area contributed by atoms with Crippen LogP contribution in [0.4, 0.5) is 13.2 Å². The highest BCUT2D eigenvalue weighted by molar-refractivity contribution is 14.0. The maximum absolute atomic E-state index is 12.3. The Hall–Kier alpha value is -1.04. The van der Waals surface area contributed by atoms with Crippen molar-refractivity contribution in [1.82, 2.24) is 20.7 Å². The van der Waals surface area contributed by atoms with E-state index in [1.165, 1.54) is 11.9 Å². The zero-order valence-corrected chi connectivity index (χ0v) is 17.4. The maximum atomic E-state index is 12.3. The molecule has 2 N–H and O–H groups in total. The lowest BCUT2D eigenvalue weighted by molar-refractivity contribution is -0.142. The van der Waals surface area contributed by atoms with Crippen molar-refractivity contribution >= 4 is 29.9 Å². The van der Waals surface area contributed by atoms with E-state index in [9.17, 15) is 13.2 Å². The highest BCUT2D eigenvalue weighted by atomic mass is 127. The lowest BCUT2D eigenvalue weighted by atomic mass is 10.1. The lowest BCUT2D eigenvalue weighted by Gasteiger charge is -2.19. The molecule has 0 saturated heterocycles. The highest BCUT2D eigenvalue weighted by Crippen LogP contribution is 2.16. The van der Waals surface area contributed by atoms with Crippen molar-refractivity contribution in [2.45, 2.75) is 39.4 Å². The fraction of sp³-hybridized carbons (Fsp3) is 0.733. The minimum Gasteiger partial charge on any atom is -0.361 e. The summed E-state index contributed by atoms with van der Waals surface area (Å²) < 4.78 is 42.1. The van der Waals surface area contributed by atoms with Crippen LogP contribution < -0.4 is 10.6 Å². The largest absolute Gasteiger partial charge is 0.401 e.